The van der Waals surface area contributed by atoms with Crippen molar-refractivity contribution < 1.29 is 4.79 Å². The molecule has 0 atom stereocenters. The largest absolute Gasteiger partial charge is 0.294 e. The predicted octanol–water partition coefficient (Wildman–Crippen LogP) is 4.36. The van der Waals surface area contributed by atoms with E-state index in [0.29, 0.717) is 5.78 Å². The van der Waals surface area contributed by atoms with E-state index in [1.807, 2.05) is 13.8 Å². The Kier molecular flexibility index (Phi) is 3.11. The van der Waals surface area contributed by atoms with Gasteiger partial charge in [0.25, 0.3) is 0 Å². The summed E-state index contributed by atoms with van der Waals surface area (Å²) in [4.78, 5) is 12.7. The maximum atomic E-state index is 12.7. The van der Waals surface area contributed by atoms with Gasteiger partial charge in [-0.3, -0.25) is 4.79 Å². The summed E-state index contributed by atoms with van der Waals surface area (Å²) < 4.78 is 0. The van der Waals surface area contributed by atoms with Gasteiger partial charge in [-0.2, -0.15) is 0 Å². The summed E-state index contributed by atoms with van der Waals surface area (Å²) in [5.41, 5.74) is 3.92. The summed E-state index contributed by atoms with van der Waals surface area (Å²) in [6.45, 7) is 12.0. The van der Waals surface area contributed by atoms with Crippen LogP contribution in [0.2, 0.25) is 0 Å². The van der Waals surface area contributed by atoms with Crippen molar-refractivity contribution in [1.82, 2.24) is 0 Å². The third kappa shape index (κ3) is 1.92. The van der Waals surface area contributed by atoms with E-state index in [0.717, 1.165) is 36.0 Å². The number of allylic oxidation sites excluding steroid dienone is 4. The van der Waals surface area contributed by atoms with Crippen molar-refractivity contribution in [3.63, 3.8) is 0 Å². The van der Waals surface area contributed by atoms with E-state index < -0.39 is 0 Å². The minimum atomic E-state index is -0.0964. The molecule has 0 bridgehead atoms. The lowest BCUT2D eigenvalue weighted by atomic mass is 9.70. The molecule has 0 N–H and O–H groups in total. The zero-order valence-corrected chi connectivity index (χ0v) is 11.1. The summed E-state index contributed by atoms with van der Waals surface area (Å²) in [5.74, 6) is 0.350. The molecular formula is C16H22O. The molecule has 2 aliphatic carbocycles. The second-order valence-electron chi connectivity index (χ2n) is 5.76. The van der Waals surface area contributed by atoms with Gasteiger partial charge < -0.3 is 0 Å². The van der Waals surface area contributed by atoms with Crippen LogP contribution in [0, 0.1) is 5.41 Å². The Bertz CT molecular complexity index is 417. The maximum absolute atomic E-state index is 12.7. The smallest absolute Gasteiger partial charge is 0.169 e. The van der Waals surface area contributed by atoms with Gasteiger partial charge in [0.1, 0.15) is 0 Å². The molecule has 1 fully saturated rings. The lowest BCUT2D eigenvalue weighted by Crippen LogP contribution is -2.30. The Morgan fingerprint density at radius 3 is 2.06 bits per heavy atom. The Hall–Kier alpha value is -1.11. The number of hydrogen-bond donors (Lipinski definition) is 0. The lowest BCUT2D eigenvalue weighted by Gasteiger charge is -2.32. The molecule has 17 heavy (non-hydrogen) atoms. The summed E-state index contributed by atoms with van der Waals surface area (Å²) >= 11 is 0. The Morgan fingerprint density at radius 2 is 1.65 bits per heavy atom. The predicted molar refractivity (Wildman–Crippen MR) is 71.8 cm³/mol. The molecule has 0 unspecified atom stereocenters. The van der Waals surface area contributed by atoms with Crippen LogP contribution in [0.1, 0.15) is 52.4 Å². The average Bonchev–Trinajstić information content (AvgIpc) is 2.54. The van der Waals surface area contributed by atoms with Gasteiger partial charge in [-0.05, 0) is 44.3 Å². The van der Waals surface area contributed by atoms with Crippen LogP contribution in [0.4, 0.5) is 0 Å². The molecule has 0 amide bonds. The highest BCUT2D eigenvalue weighted by atomic mass is 16.1. The molecule has 1 nitrogen and oxygen atoms in total. The zero-order valence-electron chi connectivity index (χ0n) is 11.1. The van der Waals surface area contributed by atoms with E-state index in [1.54, 1.807) is 0 Å². The Labute approximate surface area is 104 Å². The fourth-order valence-corrected chi connectivity index (χ4v) is 3.36. The number of ketones is 1. The highest BCUT2D eigenvalue weighted by Gasteiger charge is 2.47. The summed E-state index contributed by atoms with van der Waals surface area (Å²) in [5, 5.41) is 0. The first-order chi connectivity index (χ1) is 7.98. The van der Waals surface area contributed by atoms with Crippen molar-refractivity contribution in [2.75, 3.05) is 0 Å². The topological polar surface area (TPSA) is 17.1 Å². The van der Waals surface area contributed by atoms with Gasteiger partial charge in [-0.1, -0.05) is 38.0 Å². The van der Waals surface area contributed by atoms with Crippen LogP contribution in [0.3, 0.4) is 0 Å². The van der Waals surface area contributed by atoms with Gasteiger partial charge >= 0.3 is 0 Å². The van der Waals surface area contributed by atoms with Crippen molar-refractivity contribution in [3.8, 4) is 0 Å². The molecule has 0 aliphatic heterocycles. The van der Waals surface area contributed by atoms with Gasteiger partial charge in [0.15, 0.2) is 5.78 Å². The van der Waals surface area contributed by atoms with Crippen molar-refractivity contribution in [3.05, 3.63) is 35.5 Å². The molecule has 2 rings (SSSR count). The Morgan fingerprint density at radius 1 is 1.06 bits per heavy atom. The van der Waals surface area contributed by atoms with E-state index in [4.69, 9.17) is 0 Å². The normalized spacial score (nSPS) is 23.3. The zero-order chi connectivity index (χ0) is 12.6. The minimum Gasteiger partial charge on any atom is -0.294 e. The monoisotopic (exact) mass is 230 g/mol. The first-order valence-corrected chi connectivity index (χ1v) is 6.58. The molecule has 0 aromatic carbocycles. The molecule has 1 saturated carbocycles. The van der Waals surface area contributed by atoms with Gasteiger partial charge in [0, 0.05) is 11.0 Å². The third-order valence-electron chi connectivity index (χ3n) is 4.28. The van der Waals surface area contributed by atoms with E-state index in [-0.39, 0.29) is 5.41 Å². The molecule has 0 aromatic heterocycles. The average molecular weight is 230 g/mol. The fraction of sp³-hybridized carbons (Fsp3) is 0.562. The van der Waals surface area contributed by atoms with Crippen LogP contribution < -0.4 is 0 Å². The van der Waals surface area contributed by atoms with Crippen LogP contribution in [-0.4, -0.2) is 5.78 Å². The standard InChI is InChI=1S/C16H22O/c1-11(2)13-10-16(8-6-5-7-9-16)15(17)14(13)12(3)4/h1,3,5-10H2,2,4H3. The van der Waals surface area contributed by atoms with E-state index >= 15 is 0 Å². The van der Waals surface area contributed by atoms with Gasteiger partial charge in [-0.25, -0.2) is 0 Å². The molecule has 1 spiro atoms. The van der Waals surface area contributed by atoms with Crippen LogP contribution in [-0.2, 0) is 4.79 Å². The highest BCUT2D eigenvalue weighted by Crippen LogP contribution is 2.51. The fourth-order valence-electron chi connectivity index (χ4n) is 3.36. The van der Waals surface area contributed by atoms with E-state index in [1.165, 1.54) is 24.8 Å². The van der Waals surface area contributed by atoms with Gasteiger partial charge in [0.05, 0.1) is 0 Å². The van der Waals surface area contributed by atoms with E-state index in [9.17, 15) is 4.79 Å². The van der Waals surface area contributed by atoms with Crippen molar-refractivity contribution in [2.45, 2.75) is 52.4 Å². The van der Waals surface area contributed by atoms with Crippen molar-refractivity contribution >= 4 is 5.78 Å². The molecular weight excluding hydrogens is 208 g/mol. The van der Waals surface area contributed by atoms with Crippen LogP contribution in [0.5, 0.6) is 0 Å². The van der Waals surface area contributed by atoms with Crippen molar-refractivity contribution in [2.24, 2.45) is 5.41 Å². The number of Topliss-reactive ketones (excluding diaryl/α,β-unsaturated/α-hetero) is 1. The molecule has 0 heterocycles. The quantitative estimate of drug-likeness (QED) is 0.689. The molecule has 0 saturated heterocycles. The Balaban J connectivity index is 2.40. The summed E-state index contributed by atoms with van der Waals surface area (Å²) in [6.07, 6.45) is 6.68. The van der Waals surface area contributed by atoms with Crippen molar-refractivity contribution in [1.29, 1.82) is 0 Å². The number of carbonyl (C=O) groups excluding carboxylic acids is 1. The molecule has 1 heteroatoms. The molecule has 0 aromatic rings. The first kappa shape index (κ1) is 12.3. The lowest BCUT2D eigenvalue weighted by molar-refractivity contribution is -0.125. The van der Waals surface area contributed by atoms with Crippen LogP contribution in [0.25, 0.3) is 0 Å². The van der Waals surface area contributed by atoms with Gasteiger partial charge in [-0.15, -0.1) is 0 Å². The second kappa shape index (κ2) is 4.29. The number of carbonyl (C=O) groups is 1. The number of rotatable bonds is 2. The summed E-state index contributed by atoms with van der Waals surface area (Å²) in [7, 11) is 0. The number of hydrogen-bond acceptors (Lipinski definition) is 1. The second-order valence-corrected chi connectivity index (χ2v) is 5.76. The van der Waals surface area contributed by atoms with Gasteiger partial charge in [0.2, 0.25) is 0 Å². The molecule has 0 radical (unpaired) electrons. The third-order valence-corrected chi connectivity index (χ3v) is 4.28. The maximum Gasteiger partial charge on any atom is 0.169 e. The molecule has 92 valence electrons. The first-order valence-electron chi connectivity index (χ1n) is 6.58. The van der Waals surface area contributed by atoms with Crippen LogP contribution >= 0.6 is 0 Å². The minimum absolute atomic E-state index is 0.0964. The van der Waals surface area contributed by atoms with E-state index in [2.05, 4.69) is 13.2 Å². The van der Waals surface area contributed by atoms with Crippen LogP contribution in [0.15, 0.2) is 35.5 Å². The SMILES string of the molecule is C=C(C)C1=C(C(=C)C)C(=O)C2(CCCCC2)C1. The molecule has 2 aliphatic rings. The summed E-state index contributed by atoms with van der Waals surface area (Å²) in [6, 6.07) is 0. The highest BCUT2D eigenvalue weighted by molar-refractivity contribution is 6.07.